The molecule has 1 aromatic carbocycles. The molecule has 0 spiro atoms. The second-order valence-corrected chi connectivity index (χ2v) is 6.66. The minimum absolute atomic E-state index is 0. The molecule has 1 unspecified atom stereocenters. The Hall–Kier alpha value is -1.63. The first-order valence-corrected chi connectivity index (χ1v) is 8.19. The number of halogens is 1. The number of amides is 1. The van der Waals surface area contributed by atoms with Gasteiger partial charge in [0.2, 0.25) is 5.91 Å². The Morgan fingerprint density at radius 2 is 1.80 bits per heavy atom. The first-order chi connectivity index (χ1) is 11.4. The lowest BCUT2D eigenvalue weighted by Crippen LogP contribution is -2.44. The van der Waals surface area contributed by atoms with Crippen molar-refractivity contribution in [2.24, 2.45) is 11.7 Å². The number of nitrogens with one attached hydrogen (secondary N) is 1. The summed E-state index contributed by atoms with van der Waals surface area (Å²) in [6.07, 6.45) is 1.61. The van der Waals surface area contributed by atoms with E-state index < -0.39 is 11.5 Å². The highest BCUT2D eigenvalue weighted by atomic mass is 35.5. The Bertz CT molecular complexity index is 583. The number of anilines is 1. The van der Waals surface area contributed by atoms with E-state index in [4.69, 9.17) is 15.2 Å². The van der Waals surface area contributed by atoms with Crippen molar-refractivity contribution in [3.8, 4) is 0 Å². The molecular formula is C18H27ClN2O4. The molecule has 0 aliphatic carbocycles. The summed E-state index contributed by atoms with van der Waals surface area (Å²) in [5, 5.41) is 2.84. The van der Waals surface area contributed by atoms with Crippen LogP contribution < -0.4 is 11.1 Å². The molecule has 1 atom stereocenters. The highest BCUT2D eigenvalue weighted by molar-refractivity contribution is 5.95. The number of esters is 1. The van der Waals surface area contributed by atoms with Crippen molar-refractivity contribution < 1.29 is 19.1 Å². The summed E-state index contributed by atoms with van der Waals surface area (Å²) < 4.78 is 10.1. The molecule has 2 rings (SSSR count). The number of nitrogens with two attached hydrogens (primary N) is 1. The van der Waals surface area contributed by atoms with Gasteiger partial charge in [0.1, 0.15) is 0 Å². The number of rotatable bonds is 5. The van der Waals surface area contributed by atoms with E-state index in [1.807, 2.05) is 12.1 Å². The van der Waals surface area contributed by atoms with Gasteiger partial charge in [0.05, 0.1) is 18.6 Å². The normalized spacial score (nSPS) is 16.5. The first kappa shape index (κ1) is 21.4. The quantitative estimate of drug-likeness (QED) is 0.776. The van der Waals surface area contributed by atoms with Gasteiger partial charge in [0, 0.05) is 18.9 Å². The van der Waals surface area contributed by atoms with Crippen molar-refractivity contribution in [2.45, 2.75) is 38.1 Å². The molecule has 25 heavy (non-hydrogen) atoms. The molecule has 1 aliphatic heterocycles. The number of hydrogen-bond acceptors (Lipinski definition) is 5. The average molecular weight is 371 g/mol. The molecule has 140 valence electrons. The third kappa shape index (κ3) is 5.17. The molecule has 1 aliphatic rings. The van der Waals surface area contributed by atoms with Crippen LogP contribution in [0.25, 0.3) is 0 Å². The molecule has 0 radical (unpaired) electrons. The average Bonchev–Trinajstić information content (AvgIpc) is 2.61. The van der Waals surface area contributed by atoms with Crippen LogP contribution in [0.3, 0.4) is 0 Å². The molecule has 0 bridgehead atoms. The standard InChI is InChI=1S/C18H26N2O4.ClH/c1-18(2,17(22)23-3)13-4-6-14(7-5-13)20-16(21)15(19)12-8-10-24-11-9-12;/h4-7,12,15H,8-11,19H2,1-3H3,(H,20,21);1H. The van der Waals surface area contributed by atoms with Crippen LogP contribution in [0.4, 0.5) is 5.69 Å². The Labute approximate surface area is 154 Å². The topological polar surface area (TPSA) is 90.7 Å². The first-order valence-electron chi connectivity index (χ1n) is 8.19. The van der Waals surface area contributed by atoms with Gasteiger partial charge in [-0.25, -0.2) is 0 Å². The van der Waals surface area contributed by atoms with Crippen LogP contribution in [0.1, 0.15) is 32.3 Å². The van der Waals surface area contributed by atoms with Crippen molar-refractivity contribution >= 4 is 30.0 Å². The molecule has 1 saturated heterocycles. The van der Waals surface area contributed by atoms with E-state index in [-0.39, 0.29) is 30.2 Å². The Balaban J connectivity index is 0.00000312. The van der Waals surface area contributed by atoms with Gasteiger partial charge in [-0.2, -0.15) is 0 Å². The number of methoxy groups -OCH3 is 1. The van der Waals surface area contributed by atoms with Crippen LogP contribution >= 0.6 is 12.4 Å². The minimum Gasteiger partial charge on any atom is -0.468 e. The largest absolute Gasteiger partial charge is 0.468 e. The third-order valence-electron chi connectivity index (χ3n) is 4.65. The van der Waals surface area contributed by atoms with Gasteiger partial charge in [-0.3, -0.25) is 9.59 Å². The monoisotopic (exact) mass is 370 g/mol. The van der Waals surface area contributed by atoms with Gasteiger partial charge in [-0.15, -0.1) is 12.4 Å². The highest BCUT2D eigenvalue weighted by Gasteiger charge is 2.31. The lowest BCUT2D eigenvalue weighted by molar-refractivity contribution is -0.146. The summed E-state index contributed by atoms with van der Waals surface area (Å²) in [7, 11) is 1.37. The molecule has 7 heteroatoms. The van der Waals surface area contributed by atoms with Gasteiger partial charge in [-0.05, 0) is 50.3 Å². The van der Waals surface area contributed by atoms with Crippen LogP contribution in [0.5, 0.6) is 0 Å². The minimum atomic E-state index is -0.740. The Kier molecular flexibility index (Phi) is 7.86. The van der Waals surface area contributed by atoms with Crippen molar-refractivity contribution in [3.05, 3.63) is 29.8 Å². The van der Waals surface area contributed by atoms with E-state index in [1.54, 1.807) is 26.0 Å². The summed E-state index contributed by atoms with van der Waals surface area (Å²) in [6.45, 7) is 4.91. The van der Waals surface area contributed by atoms with Crippen LogP contribution in [0.2, 0.25) is 0 Å². The summed E-state index contributed by atoms with van der Waals surface area (Å²) in [4.78, 5) is 24.1. The van der Waals surface area contributed by atoms with Crippen molar-refractivity contribution in [2.75, 3.05) is 25.6 Å². The van der Waals surface area contributed by atoms with E-state index in [9.17, 15) is 9.59 Å². The second kappa shape index (κ2) is 9.17. The molecule has 1 heterocycles. The SMILES string of the molecule is COC(=O)C(C)(C)c1ccc(NC(=O)C(N)C2CCOCC2)cc1.Cl. The number of ether oxygens (including phenoxy) is 2. The lowest BCUT2D eigenvalue weighted by Gasteiger charge is -2.27. The highest BCUT2D eigenvalue weighted by Crippen LogP contribution is 2.26. The van der Waals surface area contributed by atoms with Gasteiger partial charge < -0.3 is 20.5 Å². The summed E-state index contributed by atoms with van der Waals surface area (Å²) >= 11 is 0. The lowest BCUT2D eigenvalue weighted by atomic mass is 9.84. The maximum Gasteiger partial charge on any atom is 0.315 e. The van der Waals surface area contributed by atoms with Crippen LogP contribution in [0.15, 0.2) is 24.3 Å². The molecular weight excluding hydrogens is 344 g/mol. The molecule has 6 nitrogen and oxygen atoms in total. The molecule has 1 aromatic rings. The number of carbonyl (C=O) groups excluding carboxylic acids is 2. The fraction of sp³-hybridized carbons (Fsp3) is 0.556. The maximum absolute atomic E-state index is 12.3. The predicted octanol–water partition coefficient (Wildman–Crippen LogP) is 2.25. The second-order valence-electron chi connectivity index (χ2n) is 6.66. The van der Waals surface area contributed by atoms with Crippen molar-refractivity contribution in [1.82, 2.24) is 0 Å². The van der Waals surface area contributed by atoms with E-state index in [2.05, 4.69) is 5.32 Å². The number of hydrogen-bond donors (Lipinski definition) is 2. The third-order valence-corrected chi connectivity index (χ3v) is 4.65. The van der Waals surface area contributed by atoms with E-state index in [0.29, 0.717) is 18.9 Å². The number of carbonyl (C=O) groups is 2. The Morgan fingerprint density at radius 1 is 1.24 bits per heavy atom. The fourth-order valence-corrected chi connectivity index (χ4v) is 2.86. The molecule has 1 fully saturated rings. The molecule has 0 saturated carbocycles. The summed E-state index contributed by atoms with van der Waals surface area (Å²) in [5.74, 6) is -0.348. The van der Waals surface area contributed by atoms with Crippen molar-refractivity contribution in [1.29, 1.82) is 0 Å². The summed E-state index contributed by atoms with van der Waals surface area (Å²) in [6, 6.07) is 6.63. The summed E-state index contributed by atoms with van der Waals surface area (Å²) in [5.41, 5.74) is 6.81. The van der Waals surface area contributed by atoms with Gasteiger partial charge in [-0.1, -0.05) is 12.1 Å². The molecule has 0 aromatic heterocycles. The predicted molar refractivity (Wildman–Crippen MR) is 98.9 cm³/mol. The zero-order chi connectivity index (χ0) is 17.7. The Morgan fingerprint density at radius 3 is 2.32 bits per heavy atom. The van der Waals surface area contributed by atoms with Crippen LogP contribution in [-0.4, -0.2) is 38.2 Å². The zero-order valence-electron chi connectivity index (χ0n) is 14.9. The van der Waals surface area contributed by atoms with Gasteiger partial charge >= 0.3 is 5.97 Å². The van der Waals surface area contributed by atoms with E-state index >= 15 is 0 Å². The fourth-order valence-electron chi connectivity index (χ4n) is 2.86. The van der Waals surface area contributed by atoms with Crippen LogP contribution in [-0.2, 0) is 24.5 Å². The molecule has 1 amide bonds. The van der Waals surface area contributed by atoms with Crippen molar-refractivity contribution in [3.63, 3.8) is 0 Å². The van der Waals surface area contributed by atoms with Gasteiger partial charge in [0.25, 0.3) is 0 Å². The molecule has 3 N–H and O–H groups in total. The smallest absolute Gasteiger partial charge is 0.315 e. The number of benzene rings is 1. The zero-order valence-corrected chi connectivity index (χ0v) is 15.7. The van der Waals surface area contributed by atoms with E-state index in [0.717, 1.165) is 18.4 Å². The van der Waals surface area contributed by atoms with Gasteiger partial charge in [0.15, 0.2) is 0 Å². The van der Waals surface area contributed by atoms with Crippen LogP contribution in [0, 0.1) is 5.92 Å². The maximum atomic E-state index is 12.3. The van der Waals surface area contributed by atoms with E-state index in [1.165, 1.54) is 7.11 Å².